The van der Waals surface area contributed by atoms with E-state index in [2.05, 4.69) is 20.7 Å². The summed E-state index contributed by atoms with van der Waals surface area (Å²) in [7, 11) is 0. The lowest BCUT2D eigenvalue weighted by molar-refractivity contribution is -0.145. The molecule has 0 heterocycles. The minimum Gasteiger partial charge on any atom is -0.463 e. The Balaban J connectivity index is 2.94. The van der Waals surface area contributed by atoms with Crippen LogP contribution in [0.15, 0.2) is 40.4 Å². The van der Waals surface area contributed by atoms with Crippen molar-refractivity contribution in [2.75, 3.05) is 13.2 Å². The Kier molecular flexibility index (Phi) is 7.31. The molecule has 0 bridgehead atoms. The summed E-state index contributed by atoms with van der Waals surface area (Å²) < 4.78 is 15.3. The topological polar surface area (TPSA) is 78.9 Å². The Morgan fingerprint density at radius 2 is 1.59 bits per heavy atom. The highest BCUT2D eigenvalue weighted by Gasteiger charge is 2.23. The molecule has 0 saturated carbocycles. The number of ether oxygens (including phenoxy) is 3. The molecule has 6 nitrogen and oxygen atoms in total. The molecule has 0 unspecified atom stereocenters. The maximum absolute atomic E-state index is 12.0. The Morgan fingerprint density at radius 1 is 1.00 bits per heavy atom. The molecule has 118 valence electrons. The van der Waals surface area contributed by atoms with Gasteiger partial charge in [0.05, 0.1) is 13.2 Å². The molecule has 0 atom stereocenters. The third-order valence-corrected chi connectivity index (χ3v) is 2.82. The fourth-order valence-corrected chi connectivity index (χ4v) is 1.64. The van der Waals surface area contributed by atoms with Crippen molar-refractivity contribution in [2.45, 2.75) is 13.8 Å². The van der Waals surface area contributed by atoms with Gasteiger partial charge < -0.3 is 14.2 Å². The zero-order valence-corrected chi connectivity index (χ0v) is 13.7. The number of rotatable bonds is 6. The van der Waals surface area contributed by atoms with E-state index in [1.807, 2.05) is 0 Å². The number of esters is 3. The van der Waals surface area contributed by atoms with Crippen LogP contribution in [0.2, 0.25) is 0 Å². The lowest BCUT2D eigenvalue weighted by atomic mass is 10.2. The van der Waals surface area contributed by atoms with Gasteiger partial charge in [0.1, 0.15) is 5.75 Å². The lowest BCUT2D eigenvalue weighted by Crippen LogP contribution is -2.22. The summed E-state index contributed by atoms with van der Waals surface area (Å²) in [6.45, 7) is 3.37. The van der Waals surface area contributed by atoms with Crippen LogP contribution in [0.4, 0.5) is 0 Å². The quantitative estimate of drug-likeness (QED) is 0.251. The molecule has 0 aliphatic heterocycles. The molecule has 0 aliphatic carbocycles. The first-order valence-corrected chi connectivity index (χ1v) is 7.30. The second kappa shape index (κ2) is 8.99. The van der Waals surface area contributed by atoms with E-state index in [-0.39, 0.29) is 19.0 Å². The second-order valence-corrected chi connectivity index (χ2v) is 4.79. The molecule has 22 heavy (non-hydrogen) atoms. The molecular formula is C15H15BrO6. The number of hydrogen-bond acceptors (Lipinski definition) is 6. The van der Waals surface area contributed by atoms with Crippen LogP contribution in [0.3, 0.4) is 0 Å². The predicted molar refractivity (Wildman–Crippen MR) is 81.1 cm³/mol. The minimum atomic E-state index is -0.992. The Morgan fingerprint density at radius 3 is 2.14 bits per heavy atom. The average Bonchev–Trinajstić information content (AvgIpc) is 2.47. The molecule has 0 aromatic heterocycles. The molecule has 7 heteroatoms. The molecule has 0 N–H and O–H groups in total. The lowest BCUT2D eigenvalue weighted by Gasteiger charge is -2.07. The maximum Gasteiger partial charge on any atom is 0.351 e. The molecule has 0 radical (unpaired) electrons. The first kappa shape index (κ1) is 17.9. The van der Waals surface area contributed by atoms with Crippen molar-refractivity contribution in [3.63, 3.8) is 0 Å². The Hall–Kier alpha value is -2.15. The number of carbonyl (C=O) groups is 3. The van der Waals surface area contributed by atoms with Crippen molar-refractivity contribution in [1.29, 1.82) is 0 Å². The van der Waals surface area contributed by atoms with Crippen LogP contribution in [-0.2, 0) is 23.9 Å². The van der Waals surface area contributed by atoms with Crippen molar-refractivity contribution in [3.8, 4) is 5.75 Å². The average molecular weight is 371 g/mol. The highest BCUT2D eigenvalue weighted by Crippen LogP contribution is 2.17. The second-order valence-electron chi connectivity index (χ2n) is 3.87. The number of benzene rings is 1. The highest BCUT2D eigenvalue weighted by atomic mass is 79.9. The number of hydrogen-bond donors (Lipinski definition) is 0. The van der Waals surface area contributed by atoms with Gasteiger partial charge in [-0.15, -0.1) is 0 Å². The monoisotopic (exact) mass is 370 g/mol. The molecule has 1 rings (SSSR count). The SMILES string of the molecule is CCOC(=O)/C=C(\C(=O)OCC)C(=O)Oc1ccc(Br)cc1. The van der Waals surface area contributed by atoms with Crippen molar-refractivity contribution < 1.29 is 28.6 Å². The van der Waals surface area contributed by atoms with E-state index in [1.165, 1.54) is 12.1 Å². The van der Waals surface area contributed by atoms with Crippen molar-refractivity contribution in [3.05, 3.63) is 40.4 Å². The fourth-order valence-electron chi connectivity index (χ4n) is 1.38. The summed E-state index contributed by atoms with van der Waals surface area (Å²) in [4.78, 5) is 35.2. The fraction of sp³-hybridized carbons (Fsp3) is 0.267. The molecule has 0 spiro atoms. The van der Waals surface area contributed by atoms with E-state index in [0.29, 0.717) is 0 Å². The summed E-state index contributed by atoms with van der Waals surface area (Å²) in [5.41, 5.74) is -0.525. The van der Waals surface area contributed by atoms with E-state index < -0.39 is 23.5 Å². The highest BCUT2D eigenvalue weighted by molar-refractivity contribution is 9.10. The summed E-state index contributed by atoms with van der Waals surface area (Å²) in [5, 5.41) is 0. The zero-order chi connectivity index (χ0) is 16.5. The van der Waals surface area contributed by atoms with Crippen LogP contribution in [0, 0.1) is 0 Å². The van der Waals surface area contributed by atoms with Crippen LogP contribution in [-0.4, -0.2) is 31.1 Å². The van der Waals surface area contributed by atoms with E-state index in [4.69, 9.17) is 9.47 Å². The zero-order valence-electron chi connectivity index (χ0n) is 12.1. The van der Waals surface area contributed by atoms with Crippen LogP contribution in [0.5, 0.6) is 5.75 Å². The van der Waals surface area contributed by atoms with E-state index in [0.717, 1.165) is 10.5 Å². The van der Waals surface area contributed by atoms with Gasteiger partial charge in [0.15, 0.2) is 5.57 Å². The van der Waals surface area contributed by atoms with E-state index in [9.17, 15) is 14.4 Å². The van der Waals surface area contributed by atoms with Crippen LogP contribution < -0.4 is 4.74 Å². The van der Waals surface area contributed by atoms with Crippen LogP contribution in [0.1, 0.15) is 13.8 Å². The Labute approximate surface area is 136 Å². The van der Waals surface area contributed by atoms with Gasteiger partial charge in [-0.1, -0.05) is 15.9 Å². The molecule has 0 saturated heterocycles. The van der Waals surface area contributed by atoms with Gasteiger partial charge in [0, 0.05) is 10.5 Å². The van der Waals surface area contributed by atoms with Crippen LogP contribution in [0.25, 0.3) is 0 Å². The summed E-state index contributed by atoms with van der Waals surface area (Å²) in [6.07, 6.45) is 0.767. The Bertz CT molecular complexity index is 576. The normalized spacial score (nSPS) is 10.8. The number of carbonyl (C=O) groups excluding carboxylic acids is 3. The third kappa shape index (κ3) is 5.69. The summed E-state index contributed by atoms with van der Waals surface area (Å²) >= 11 is 3.25. The van der Waals surface area contributed by atoms with Gasteiger partial charge in [-0.05, 0) is 38.1 Å². The molecule has 0 amide bonds. The maximum atomic E-state index is 12.0. The molecule has 0 fully saturated rings. The third-order valence-electron chi connectivity index (χ3n) is 2.29. The van der Waals surface area contributed by atoms with Crippen molar-refractivity contribution >= 4 is 33.8 Å². The predicted octanol–water partition coefficient (Wildman–Crippen LogP) is 2.41. The number of halogens is 1. The first-order chi connectivity index (χ1) is 10.5. The molecule has 1 aromatic rings. The molecule has 1 aromatic carbocycles. The van der Waals surface area contributed by atoms with Gasteiger partial charge in [-0.2, -0.15) is 0 Å². The summed E-state index contributed by atoms with van der Waals surface area (Å²) in [5.74, 6) is -2.53. The smallest absolute Gasteiger partial charge is 0.351 e. The molecular weight excluding hydrogens is 356 g/mol. The minimum absolute atomic E-state index is 0.0601. The first-order valence-electron chi connectivity index (χ1n) is 6.51. The van der Waals surface area contributed by atoms with Gasteiger partial charge in [0.25, 0.3) is 0 Å². The largest absolute Gasteiger partial charge is 0.463 e. The van der Waals surface area contributed by atoms with Crippen molar-refractivity contribution in [2.24, 2.45) is 0 Å². The van der Waals surface area contributed by atoms with E-state index >= 15 is 0 Å². The van der Waals surface area contributed by atoms with Crippen LogP contribution >= 0.6 is 15.9 Å². The van der Waals surface area contributed by atoms with Gasteiger partial charge >= 0.3 is 17.9 Å². The van der Waals surface area contributed by atoms with Gasteiger partial charge in [-0.3, -0.25) is 0 Å². The van der Waals surface area contributed by atoms with Gasteiger partial charge in [-0.25, -0.2) is 14.4 Å². The van der Waals surface area contributed by atoms with E-state index in [1.54, 1.807) is 26.0 Å². The standard InChI is InChI=1S/C15H15BrO6/c1-3-20-13(17)9-12(14(18)21-4-2)15(19)22-11-7-5-10(16)6-8-11/h5-9H,3-4H2,1-2H3/b12-9+. The molecule has 0 aliphatic rings. The summed E-state index contributed by atoms with van der Waals surface area (Å²) in [6, 6.07) is 6.41. The van der Waals surface area contributed by atoms with Gasteiger partial charge in [0.2, 0.25) is 0 Å². The van der Waals surface area contributed by atoms with Crippen molar-refractivity contribution in [1.82, 2.24) is 0 Å².